The third-order valence-corrected chi connectivity index (χ3v) is 8.10. The molecule has 0 radical (unpaired) electrons. The average molecular weight is 503 g/mol. The van der Waals surface area contributed by atoms with Crippen molar-refractivity contribution >= 4 is 27.5 Å². The normalized spacial score (nSPS) is 13.4. The summed E-state index contributed by atoms with van der Waals surface area (Å²) in [6.07, 6.45) is 8.27. The third-order valence-electron chi connectivity index (χ3n) is 8.10. The van der Waals surface area contributed by atoms with Crippen LogP contribution in [0.2, 0.25) is 0 Å². The highest BCUT2D eigenvalue weighted by atomic mass is 15.0. The van der Waals surface area contributed by atoms with Crippen LogP contribution in [0.15, 0.2) is 134 Å². The topological polar surface area (TPSA) is 30.9 Å². The van der Waals surface area contributed by atoms with Gasteiger partial charge in [0.25, 0.3) is 0 Å². The Morgan fingerprint density at radius 2 is 1.44 bits per heavy atom. The molecule has 2 nitrogen and oxygen atoms in total. The Morgan fingerprint density at radius 1 is 0.718 bits per heavy atom. The first-order valence-corrected chi connectivity index (χ1v) is 13.6. The zero-order chi connectivity index (χ0) is 26.3. The van der Waals surface area contributed by atoms with Crippen molar-refractivity contribution in [1.29, 1.82) is 0 Å². The van der Waals surface area contributed by atoms with Crippen LogP contribution < -0.4 is 5.73 Å². The predicted octanol–water partition coefficient (Wildman–Crippen LogP) is 9.01. The van der Waals surface area contributed by atoms with Gasteiger partial charge in [-0.25, -0.2) is 0 Å². The van der Waals surface area contributed by atoms with Crippen LogP contribution in [0.5, 0.6) is 0 Å². The Labute approximate surface area is 229 Å². The molecule has 1 heterocycles. The quantitative estimate of drug-likeness (QED) is 0.179. The highest BCUT2D eigenvalue weighted by molar-refractivity contribution is 6.16. The standard InChI is InChI=1S/C37H30N2/c1-2-3-18-29(25-13-6-4-7-14-25)36-31(30-19-10-11-20-32(30)38)24-27-23-22-26-15-12-21-33-34(26)35(27)37(36)39(33)28-16-8-5-9-17-28/h2-21,24,29H,1,22-23,38H2/b18-3-. The van der Waals surface area contributed by atoms with Crippen molar-refractivity contribution in [2.75, 3.05) is 5.73 Å². The maximum absolute atomic E-state index is 6.69. The van der Waals surface area contributed by atoms with Gasteiger partial charge in [0.05, 0.1) is 11.0 Å². The summed E-state index contributed by atoms with van der Waals surface area (Å²) in [6, 6.07) is 39.0. The lowest BCUT2D eigenvalue weighted by Crippen LogP contribution is -2.08. The van der Waals surface area contributed by atoms with Crippen molar-refractivity contribution in [3.05, 3.63) is 156 Å². The summed E-state index contributed by atoms with van der Waals surface area (Å²) in [5.74, 6) is 0.00464. The maximum Gasteiger partial charge on any atom is 0.0591 e. The smallest absolute Gasteiger partial charge is 0.0591 e. The molecular formula is C37H30N2. The largest absolute Gasteiger partial charge is 0.398 e. The number of benzene rings is 5. The third kappa shape index (κ3) is 3.72. The van der Waals surface area contributed by atoms with Crippen LogP contribution in [0.4, 0.5) is 5.69 Å². The Kier molecular flexibility index (Phi) is 5.67. The number of nitrogens with zero attached hydrogens (tertiary/aromatic N) is 1. The minimum Gasteiger partial charge on any atom is -0.398 e. The van der Waals surface area contributed by atoms with Crippen molar-refractivity contribution in [2.45, 2.75) is 18.8 Å². The van der Waals surface area contributed by atoms with E-state index < -0.39 is 0 Å². The summed E-state index contributed by atoms with van der Waals surface area (Å²) in [5, 5.41) is 2.75. The number of hydrogen-bond acceptors (Lipinski definition) is 1. The van der Waals surface area contributed by atoms with Crippen molar-refractivity contribution in [1.82, 2.24) is 4.57 Å². The number of nitrogens with two attached hydrogens (primary N) is 1. The van der Waals surface area contributed by atoms with Crippen LogP contribution >= 0.6 is 0 Å². The van der Waals surface area contributed by atoms with Gasteiger partial charge in [0, 0.05) is 33.6 Å². The fourth-order valence-electron chi connectivity index (χ4n) is 6.46. The summed E-state index contributed by atoms with van der Waals surface area (Å²) < 4.78 is 2.48. The van der Waals surface area contributed by atoms with Gasteiger partial charge in [-0.15, -0.1) is 0 Å². The zero-order valence-corrected chi connectivity index (χ0v) is 21.8. The fraction of sp³-hybridized carbons (Fsp3) is 0.0811. The van der Waals surface area contributed by atoms with E-state index in [1.165, 1.54) is 55.3 Å². The van der Waals surface area contributed by atoms with Gasteiger partial charge < -0.3 is 10.3 Å². The Morgan fingerprint density at radius 3 is 2.21 bits per heavy atom. The van der Waals surface area contributed by atoms with Crippen LogP contribution in [-0.2, 0) is 12.8 Å². The second-order valence-corrected chi connectivity index (χ2v) is 10.3. The Bertz CT molecular complexity index is 1870. The molecule has 188 valence electrons. The Hall–Kier alpha value is -4.82. The van der Waals surface area contributed by atoms with Gasteiger partial charge in [0.1, 0.15) is 0 Å². The number of hydrogen-bond donors (Lipinski definition) is 1. The van der Waals surface area contributed by atoms with Gasteiger partial charge >= 0.3 is 0 Å². The summed E-state index contributed by atoms with van der Waals surface area (Å²) in [5.41, 5.74) is 18.8. The van der Waals surface area contributed by atoms with Gasteiger partial charge in [-0.05, 0) is 71.0 Å². The minimum absolute atomic E-state index is 0.00464. The lowest BCUT2D eigenvalue weighted by molar-refractivity contribution is 0.965. The molecule has 0 bridgehead atoms. The molecule has 1 aliphatic carbocycles. The molecule has 2 heteroatoms. The van der Waals surface area contributed by atoms with E-state index in [1.54, 1.807) is 0 Å². The van der Waals surface area contributed by atoms with Gasteiger partial charge in [-0.3, -0.25) is 0 Å². The Balaban J connectivity index is 1.74. The highest BCUT2D eigenvalue weighted by Crippen LogP contribution is 2.48. The molecule has 7 rings (SSSR count). The number of anilines is 1. The van der Waals surface area contributed by atoms with Gasteiger partial charge in [-0.2, -0.15) is 0 Å². The van der Waals surface area contributed by atoms with Gasteiger partial charge in [-0.1, -0.05) is 104 Å². The maximum atomic E-state index is 6.69. The molecule has 1 aliphatic rings. The molecule has 0 saturated heterocycles. The first-order chi connectivity index (χ1) is 19.3. The van der Waals surface area contributed by atoms with E-state index in [4.69, 9.17) is 5.73 Å². The van der Waals surface area contributed by atoms with Crippen molar-refractivity contribution in [2.24, 2.45) is 0 Å². The van der Waals surface area contributed by atoms with Crippen molar-refractivity contribution in [3.8, 4) is 16.8 Å². The minimum atomic E-state index is 0.00464. The molecule has 2 N–H and O–H groups in total. The molecular weight excluding hydrogens is 472 g/mol. The SMILES string of the molecule is C=C/C=C\C(c1ccccc1)c1c(-c2ccccc2N)cc2c3c4c(cccc4n(-c4ccccc4)c13)CC2. The highest BCUT2D eigenvalue weighted by Gasteiger charge is 2.29. The first kappa shape index (κ1) is 23.3. The molecule has 5 aromatic carbocycles. The lowest BCUT2D eigenvalue weighted by atomic mass is 9.80. The van der Waals surface area contributed by atoms with Crippen LogP contribution in [0, 0.1) is 0 Å². The van der Waals surface area contributed by atoms with Gasteiger partial charge in [0.2, 0.25) is 0 Å². The number of allylic oxidation sites excluding steroid dienone is 3. The molecule has 1 aromatic heterocycles. The van der Waals surface area contributed by atoms with Crippen LogP contribution in [0.1, 0.15) is 28.2 Å². The number of para-hydroxylation sites is 2. The molecule has 1 unspecified atom stereocenters. The molecule has 6 aromatic rings. The van der Waals surface area contributed by atoms with E-state index in [0.717, 1.165) is 24.1 Å². The molecule has 39 heavy (non-hydrogen) atoms. The van der Waals surface area contributed by atoms with E-state index >= 15 is 0 Å². The second-order valence-electron chi connectivity index (χ2n) is 10.3. The molecule has 0 aliphatic heterocycles. The van der Waals surface area contributed by atoms with E-state index in [0.29, 0.717) is 0 Å². The van der Waals surface area contributed by atoms with E-state index in [9.17, 15) is 0 Å². The fourth-order valence-corrected chi connectivity index (χ4v) is 6.46. The molecule has 0 amide bonds. The predicted molar refractivity (Wildman–Crippen MR) is 166 cm³/mol. The monoisotopic (exact) mass is 502 g/mol. The summed E-state index contributed by atoms with van der Waals surface area (Å²) in [7, 11) is 0. The summed E-state index contributed by atoms with van der Waals surface area (Å²) >= 11 is 0. The first-order valence-electron chi connectivity index (χ1n) is 13.6. The number of aromatic nitrogens is 1. The van der Waals surface area contributed by atoms with Crippen molar-refractivity contribution in [3.63, 3.8) is 0 Å². The number of rotatable bonds is 6. The summed E-state index contributed by atoms with van der Waals surface area (Å²) in [6.45, 7) is 4.00. The van der Waals surface area contributed by atoms with E-state index in [1.807, 2.05) is 18.2 Å². The number of aryl methyl sites for hydroxylation is 2. The molecule has 1 atom stereocenters. The van der Waals surface area contributed by atoms with Gasteiger partial charge in [0.15, 0.2) is 0 Å². The average Bonchev–Trinajstić information content (AvgIpc) is 3.34. The van der Waals surface area contributed by atoms with Crippen LogP contribution in [0.25, 0.3) is 38.6 Å². The van der Waals surface area contributed by atoms with Crippen LogP contribution in [0.3, 0.4) is 0 Å². The molecule has 0 fully saturated rings. The van der Waals surface area contributed by atoms with Crippen molar-refractivity contribution < 1.29 is 0 Å². The molecule has 0 saturated carbocycles. The lowest BCUT2D eigenvalue weighted by Gasteiger charge is -2.25. The van der Waals surface area contributed by atoms with E-state index in [2.05, 4.69) is 120 Å². The molecule has 0 spiro atoms. The van der Waals surface area contributed by atoms with E-state index in [-0.39, 0.29) is 5.92 Å². The number of nitrogen functional groups attached to an aromatic ring is 1. The summed E-state index contributed by atoms with van der Waals surface area (Å²) in [4.78, 5) is 0. The zero-order valence-electron chi connectivity index (χ0n) is 21.8. The second kappa shape index (κ2) is 9.49. The van der Waals surface area contributed by atoms with Crippen LogP contribution in [-0.4, -0.2) is 4.57 Å².